The molecular weight excluding hydrogens is 252 g/mol. The Morgan fingerprint density at radius 2 is 1.84 bits per heavy atom. The third-order valence-corrected chi connectivity index (χ3v) is 4.34. The van der Waals surface area contributed by atoms with Gasteiger partial charge in [0.05, 0.1) is 4.99 Å². The van der Waals surface area contributed by atoms with Gasteiger partial charge in [-0.1, -0.05) is 56.4 Å². The zero-order valence-corrected chi connectivity index (χ0v) is 12.7. The second-order valence-corrected chi connectivity index (χ2v) is 6.82. The van der Waals surface area contributed by atoms with Crippen LogP contribution < -0.4 is 5.73 Å². The van der Waals surface area contributed by atoms with Crippen molar-refractivity contribution in [2.24, 2.45) is 11.1 Å². The molecule has 0 saturated carbocycles. The third-order valence-electron chi connectivity index (χ3n) is 4.17. The van der Waals surface area contributed by atoms with Gasteiger partial charge in [-0.3, -0.25) is 4.90 Å². The molecule has 2 rings (SSSR count). The second-order valence-electron chi connectivity index (χ2n) is 6.30. The van der Waals surface area contributed by atoms with Gasteiger partial charge in [-0.15, -0.1) is 0 Å². The molecule has 19 heavy (non-hydrogen) atoms. The Kier molecular flexibility index (Phi) is 4.58. The topological polar surface area (TPSA) is 29.3 Å². The average molecular weight is 276 g/mol. The Hall–Kier alpha value is -0.930. The summed E-state index contributed by atoms with van der Waals surface area (Å²) in [5.41, 5.74) is 7.60. The van der Waals surface area contributed by atoms with Crippen molar-refractivity contribution in [1.82, 2.24) is 4.90 Å². The summed E-state index contributed by atoms with van der Waals surface area (Å²) in [7, 11) is 0. The first-order valence-electron chi connectivity index (χ1n) is 7.05. The summed E-state index contributed by atoms with van der Waals surface area (Å²) in [4.78, 5) is 3.15. The van der Waals surface area contributed by atoms with Crippen molar-refractivity contribution in [1.29, 1.82) is 0 Å². The maximum atomic E-state index is 5.80. The Labute approximate surface area is 122 Å². The predicted molar refractivity (Wildman–Crippen MR) is 85.2 cm³/mol. The molecule has 1 aromatic carbocycles. The highest BCUT2D eigenvalue weighted by molar-refractivity contribution is 7.80. The summed E-state index contributed by atoms with van der Waals surface area (Å²) in [5.74, 6) is 0. The molecule has 0 bridgehead atoms. The van der Waals surface area contributed by atoms with E-state index in [0.717, 1.165) is 19.5 Å². The van der Waals surface area contributed by atoms with E-state index < -0.39 is 0 Å². The maximum Gasteiger partial charge on any atom is 0.0746 e. The number of benzene rings is 1. The average Bonchev–Trinajstić information content (AvgIpc) is 2.37. The number of rotatable bonds is 4. The molecule has 2 nitrogen and oxygen atoms in total. The van der Waals surface area contributed by atoms with E-state index in [1.165, 1.54) is 18.4 Å². The lowest BCUT2D eigenvalue weighted by Crippen LogP contribution is -2.40. The lowest BCUT2D eigenvalue weighted by atomic mass is 9.81. The Morgan fingerprint density at radius 1 is 1.26 bits per heavy atom. The van der Waals surface area contributed by atoms with E-state index >= 15 is 0 Å². The molecule has 3 heteroatoms. The molecule has 2 N–H and O–H groups in total. The standard InChI is InChI=1S/C16H24N2S/c1-16(2)8-10-18(11-9-16)14(12-15(17)19)13-6-4-3-5-7-13/h3-7,14H,8-12H2,1-2H3,(H2,17,19). The molecule has 0 aromatic heterocycles. The number of likely N-dealkylation sites (tertiary alicyclic amines) is 1. The number of hydrogen-bond acceptors (Lipinski definition) is 2. The van der Waals surface area contributed by atoms with Crippen molar-refractivity contribution >= 4 is 17.2 Å². The number of thiocarbonyl (C=S) groups is 1. The minimum atomic E-state index is 0.342. The Morgan fingerprint density at radius 3 is 2.37 bits per heavy atom. The quantitative estimate of drug-likeness (QED) is 0.853. The van der Waals surface area contributed by atoms with E-state index in [1.54, 1.807) is 0 Å². The van der Waals surface area contributed by atoms with Gasteiger partial charge in [0.25, 0.3) is 0 Å². The van der Waals surface area contributed by atoms with Gasteiger partial charge in [-0.2, -0.15) is 0 Å². The molecule has 0 radical (unpaired) electrons. The van der Waals surface area contributed by atoms with Crippen LogP contribution in [0.15, 0.2) is 30.3 Å². The molecule has 1 atom stereocenters. The molecule has 0 spiro atoms. The fraction of sp³-hybridized carbons (Fsp3) is 0.562. The molecular formula is C16H24N2S. The minimum Gasteiger partial charge on any atom is -0.393 e. The van der Waals surface area contributed by atoms with E-state index in [0.29, 0.717) is 16.4 Å². The monoisotopic (exact) mass is 276 g/mol. The lowest BCUT2D eigenvalue weighted by molar-refractivity contribution is 0.0961. The summed E-state index contributed by atoms with van der Waals surface area (Å²) in [6, 6.07) is 11.0. The highest BCUT2D eigenvalue weighted by Gasteiger charge is 2.30. The van der Waals surface area contributed by atoms with Gasteiger partial charge in [0.1, 0.15) is 0 Å². The normalized spacial score (nSPS) is 20.9. The summed E-state index contributed by atoms with van der Waals surface area (Å²) >= 11 is 5.14. The zero-order valence-electron chi connectivity index (χ0n) is 11.9. The first-order chi connectivity index (χ1) is 8.98. The van der Waals surface area contributed by atoms with Crippen molar-refractivity contribution in [3.8, 4) is 0 Å². The summed E-state index contributed by atoms with van der Waals surface area (Å²) in [6.45, 7) is 6.98. The summed E-state index contributed by atoms with van der Waals surface area (Å²) in [5, 5.41) is 0. The van der Waals surface area contributed by atoms with Crippen LogP contribution in [0.3, 0.4) is 0 Å². The number of nitrogens with two attached hydrogens (primary N) is 1. The molecule has 1 saturated heterocycles. The van der Waals surface area contributed by atoms with Gasteiger partial charge < -0.3 is 5.73 Å². The highest BCUT2D eigenvalue weighted by atomic mass is 32.1. The molecule has 1 heterocycles. The fourth-order valence-electron chi connectivity index (χ4n) is 2.76. The van der Waals surface area contributed by atoms with Crippen LogP contribution in [0.5, 0.6) is 0 Å². The molecule has 1 aliphatic rings. The van der Waals surface area contributed by atoms with Gasteiger partial charge in [-0.05, 0) is 36.9 Å². The molecule has 0 amide bonds. The van der Waals surface area contributed by atoms with Gasteiger partial charge >= 0.3 is 0 Å². The van der Waals surface area contributed by atoms with Crippen LogP contribution in [0.1, 0.15) is 44.7 Å². The van der Waals surface area contributed by atoms with Crippen LogP contribution in [0.25, 0.3) is 0 Å². The summed E-state index contributed by atoms with van der Waals surface area (Å²) in [6.07, 6.45) is 3.26. The van der Waals surface area contributed by atoms with Gasteiger partial charge in [-0.25, -0.2) is 0 Å². The van der Waals surface area contributed by atoms with Crippen molar-refractivity contribution in [3.63, 3.8) is 0 Å². The molecule has 0 aliphatic carbocycles. The number of nitrogens with zero attached hydrogens (tertiary/aromatic N) is 1. The van der Waals surface area contributed by atoms with Gasteiger partial charge in [0.2, 0.25) is 0 Å². The van der Waals surface area contributed by atoms with E-state index in [-0.39, 0.29) is 0 Å². The van der Waals surface area contributed by atoms with E-state index in [1.807, 2.05) is 0 Å². The SMILES string of the molecule is CC1(C)CCN(C(CC(N)=S)c2ccccc2)CC1. The van der Waals surface area contributed by atoms with Crippen LogP contribution in [0.2, 0.25) is 0 Å². The first kappa shape index (κ1) is 14.5. The minimum absolute atomic E-state index is 0.342. The first-order valence-corrected chi connectivity index (χ1v) is 7.46. The van der Waals surface area contributed by atoms with Crippen LogP contribution in [-0.4, -0.2) is 23.0 Å². The lowest BCUT2D eigenvalue weighted by Gasteiger charge is -2.41. The number of piperidine rings is 1. The van der Waals surface area contributed by atoms with E-state index in [2.05, 4.69) is 49.1 Å². The second kappa shape index (κ2) is 6.02. The maximum absolute atomic E-state index is 5.80. The largest absolute Gasteiger partial charge is 0.393 e. The smallest absolute Gasteiger partial charge is 0.0746 e. The number of hydrogen-bond donors (Lipinski definition) is 1. The van der Waals surface area contributed by atoms with Gasteiger partial charge in [0, 0.05) is 12.5 Å². The highest BCUT2D eigenvalue weighted by Crippen LogP contribution is 2.35. The zero-order chi connectivity index (χ0) is 13.9. The van der Waals surface area contributed by atoms with Crippen molar-refractivity contribution in [3.05, 3.63) is 35.9 Å². The van der Waals surface area contributed by atoms with Crippen molar-refractivity contribution in [2.75, 3.05) is 13.1 Å². The van der Waals surface area contributed by atoms with Crippen LogP contribution in [0.4, 0.5) is 0 Å². The van der Waals surface area contributed by atoms with Crippen LogP contribution in [0, 0.1) is 5.41 Å². The third kappa shape index (κ3) is 4.02. The fourth-order valence-corrected chi connectivity index (χ4v) is 2.92. The van der Waals surface area contributed by atoms with E-state index in [4.69, 9.17) is 18.0 Å². The Bertz CT molecular complexity index is 418. The Balaban J connectivity index is 2.13. The molecule has 104 valence electrons. The predicted octanol–water partition coefficient (Wildman–Crippen LogP) is 3.53. The molecule has 1 unspecified atom stereocenters. The van der Waals surface area contributed by atoms with Crippen LogP contribution in [-0.2, 0) is 0 Å². The molecule has 1 fully saturated rings. The molecule has 1 aromatic rings. The van der Waals surface area contributed by atoms with E-state index in [9.17, 15) is 0 Å². The summed E-state index contributed by atoms with van der Waals surface area (Å²) < 4.78 is 0. The van der Waals surface area contributed by atoms with Crippen molar-refractivity contribution < 1.29 is 0 Å². The molecule has 1 aliphatic heterocycles. The van der Waals surface area contributed by atoms with Gasteiger partial charge in [0.15, 0.2) is 0 Å². The van der Waals surface area contributed by atoms with Crippen LogP contribution >= 0.6 is 12.2 Å². The van der Waals surface area contributed by atoms with Crippen molar-refractivity contribution in [2.45, 2.75) is 39.2 Å².